The molecule has 0 fully saturated rings. The zero-order valence-corrected chi connectivity index (χ0v) is 8.86. The lowest BCUT2D eigenvalue weighted by Gasteiger charge is -2.16. The Morgan fingerprint density at radius 3 is 2.12 bits per heavy atom. The molecule has 0 saturated heterocycles. The van der Waals surface area contributed by atoms with Crippen LogP contribution in [0.1, 0.15) is 13.3 Å². The van der Waals surface area contributed by atoms with E-state index in [-0.39, 0.29) is 12.5 Å². The molecule has 0 radical (unpaired) electrons. The fourth-order valence-electron chi connectivity index (χ4n) is 1.25. The molecule has 7 heteroatoms. The fraction of sp³-hybridized carbons (Fsp3) is 0.300. The number of hydrogen-bond acceptors (Lipinski definition) is 2. The highest BCUT2D eigenvalue weighted by Gasteiger charge is 2.22. The fourth-order valence-corrected chi connectivity index (χ4v) is 1.25. The van der Waals surface area contributed by atoms with Gasteiger partial charge in [0, 0.05) is 6.07 Å². The van der Waals surface area contributed by atoms with E-state index in [1.807, 2.05) is 5.32 Å². The van der Waals surface area contributed by atoms with Crippen molar-refractivity contribution < 1.29 is 22.4 Å². The minimum absolute atomic E-state index is 0.0844. The molecule has 0 aliphatic rings. The largest absolute Gasteiger partial charge is 0.369 e. The van der Waals surface area contributed by atoms with Crippen molar-refractivity contribution in [2.45, 2.75) is 19.4 Å². The smallest absolute Gasteiger partial charge is 0.239 e. The molecule has 0 spiro atoms. The minimum atomic E-state index is -1.59. The summed E-state index contributed by atoms with van der Waals surface area (Å²) in [5.74, 6) is -7.17. The second-order valence-corrected chi connectivity index (χ2v) is 3.35. The van der Waals surface area contributed by atoms with Crippen LogP contribution in [0.2, 0.25) is 0 Å². The van der Waals surface area contributed by atoms with E-state index in [9.17, 15) is 22.4 Å². The lowest BCUT2D eigenvalue weighted by atomic mass is 10.2. The molecule has 0 heterocycles. The number of nitrogens with one attached hydrogen (secondary N) is 1. The molecule has 3 nitrogen and oxygen atoms in total. The summed E-state index contributed by atoms with van der Waals surface area (Å²) in [6.45, 7) is 1.52. The van der Waals surface area contributed by atoms with Crippen LogP contribution in [0, 0.1) is 23.3 Å². The first-order chi connectivity index (χ1) is 7.88. The molecular weight excluding hydrogens is 240 g/mol. The van der Waals surface area contributed by atoms with Crippen molar-refractivity contribution in [1.29, 1.82) is 0 Å². The summed E-state index contributed by atoms with van der Waals surface area (Å²) in [5.41, 5.74) is 3.90. The molecule has 94 valence electrons. The molecule has 0 aliphatic heterocycles. The predicted molar refractivity (Wildman–Crippen MR) is 53.2 cm³/mol. The van der Waals surface area contributed by atoms with Crippen LogP contribution >= 0.6 is 0 Å². The Balaban J connectivity index is 3.17. The van der Waals surface area contributed by atoms with E-state index in [1.165, 1.54) is 6.92 Å². The Labute approximate surface area is 94.6 Å². The third-order valence-corrected chi connectivity index (χ3v) is 2.18. The first-order valence-electron chi connectivity index (χ1n) is 4.77. The highest BCUT2D eigenvalue weighted by molar-refractivity contribution is 5.82. The van der Waals surface area contributed by atoms with Gasteiger partial charge in [-0.1, -0.05) is 6.92 Å². The maximum Gasteiger partial charge on any atom is 0.239 e. The Morgan fingerprint density at radius 2 is 1.76 bits per heavy atom. The van der Waals surface area contributed by atoms with Crippen molar-refractivity contribution in [3.8, 4) is 0 Å². The third kappa shape index (κ3) is 2.66. The summed E-state index contributed by atoms with van der Waals surface area (Å²) in [6.07, 6.45) is 0.117. The van der Waals surface area contributed by atoms with Crippen LogP contribution < -0.4 is 11.1 Å². The van der Waals surface area contributed by atoms with Gasteiger partial charge in [-0.3, -0.25) is 4.79 Å². The number of carbonyl (C=O) groups is 1. The predicted octanol–water partition coefficient (Wildman–Crippen LogP) is 1.92. The lowest BCUT2D eigenvalue weighted by molar-refractivity contribution is -0.118. The van der Waals surface area contributed by atoms with Gasteiger partial charge in [0.25, 0.3) is 0 Å². The van der Waals surface area contributed by atoms with Gasteiger partial charge in [0.05, 0.1) is 0 Å². The molecule has 1 atom stereocenters. The molecule has 1 rings (SSSR count). The zero-order chi connectivity index (χ0) is 13.2. The van der Waals surface area contributed by atoms with Gasteiger partial charge in [0.2, 0.25) is 5.91 Å². The summed E-state index contributed by atoms with van der Waals surface area (Å²) in [5, 5.41) is 2.04. The summed E-state index contributed by atoms with van der Waals surface area (Å²) < 4.78 is 52.1. The second kappa shape index (κ2) is 5.03. The molecule has 17 heavy (non-hydrogen) atoms. The van der Waals surface area contributed by atoms with Crippen LogP contribution in [0.15, 0.2) is 6.07 Å². The van der Waals surface area contributed by atoms with E-state index in [0.717, 1.165) is 0 Å². The van der Waals surface area contributed by atoms with Crippen LogP contribution in [0.4, 0.5) is 23.2 Å². The Hall–Kier alpha value is -1.79. The number of carbonyl (C=O) groups excluding carboxylic acids is 1. The van der Waals surface area contributed by atoms with Gasteiger partial charge in [-0.15, -0.1) is 0 Å². The number of hydrogen-bond donors (Lipinski definition) is 2. The van der Waals surface area contributed by atoms with Crippen molar-refractivity contribution in [2.24, 2.45) is 5.73 Å². The van der Waals surface area contributed by atoms with E-state index in [0.29, 0.717) is 0 Å². The highest BCUT2D eigenvalue weighted by Crippen LogP contribution is 2.25. The highest BCUT2D eigenvalue weighted by atomic mass is 19.2. The SMILES string of the molecule is CCC(Nc1c(F)c(F)cc(F)c1F)C(N)=O. The van der Waals surface area contributed by atoms with Crippen LogP contribution in [-0.4, -0.2) is 11.9 Å². The number of anilines is 1. The van der Waals surface area contributed by atoms with Crippen molar-refractivity contribution in [3.63, 3.8) is 0 Å². The van der Waals surface area contributed by atoms with Crippen LogP contribution in [-0.2, 0) is 4.79 Å². The number of benzene rings is 1. The molecule has 1 amide bonds. The van der Waals surface area contributed by atoms with E-state index in [2.05, 4.69) is 0 Å². The molecular formula is C10H10F4N2O. The van der Waals surface area contributed by atoms with Gasteiger partial charge in [0.1, 0.15) is 11.7 Å². The summed E-state index contributed by atoms with van der Waals surface area (Å²) in [7, 11) is 0. The first-order valence-corrected chi connectivity index (χ1v) is 4.77. The lowest BCUT2D eigenvalue weighted by Crippen LogP contribution is -2.35. The molecule has 0 aliphatic carbocycles. The number of primary amides is 1. The Morgan fingerprint density at radius 1 is 1.29 bits per heavy atom. The molecule has 1 unspecified atom stereocenters. The maximum absolute atomic E-state index is 13.2. The normalized spacial score (nSPS) is 12.3. The van der Waals surface area contributed by atoms with Gasteiger partial charge < -0.3 is 11.1 Å². The van der Waals surface area contributed by atoms with Gasteiger partial charge in [0.15, 0.2) is 23.3 Å². The van der Waals surface area contributed by atoms with Crippen LogP contribution in [0.3, 0.4) is 0 Å². The van der Waals surface area contributed by atoms with Gasteiger partial charge in [-0.2, -0.15) is 0 Å². The van der Waals surface area contributed by atoms with Gasteiger partial charge in [-0.25, -0.2) is 17.6 Å². The zero-order valence-electron chi connectivity index (χ0n) is 8.86. The van der Waals surface area contributed by atoms with Crippen molar-refractivity contribution in [3.05, 3.63) is 29.3 Å². The van der Waals surface area contributed by atoms with Crippen molar-refractivity contribution in [2.75, 3.05) is 5.32 Å². The number of halogens is 4. The van der Waals surface area contributed by atoms with E-state index >= 15 is 0 Å². The van der Waals surface area contributed by atoms with Crippen LogP contribution in [0.25, 0.3) is 0 Å². The second-order valence-electron chi connectivity index (χ2n) is 3.35. The number of nitrogens with two attached hydrogens (primary N) is 1. The quantitative estimate of drug-likeness (QED) is 0.633. The standard InChI is InChI=1S/C10H10F4N2O/c1-2-6(10(15)17)16-9-7(13)4(11)3-5(12)8(9)14/h3,6,16H,2H2,1H3,(H2,15,17). The van der Waals surface area contributed by atoms with E-state index < -0.39 is 40.9 Å². The Bertz CT molecular complexity index is 424. The van der Waals surface area contributed by atoms with Gasteiger partial charge in [-0.05, 0) is 6.42 Å². The van der Waals surface area contributed by atoms with Crippen LogP contribution in [0.5, 0.6) is 0 Å². The third-order valence-electron chi connectivity index (χ3n) is 2.18. The average molecular weight is 250 g/mol. The van der Waals surface area contributed by atoms with Gasteiger partial charge >= 0.3 is 0 Å². The average Bonchev–Trinajstić information content (AvgIpc) is 2.26. The van der Waals surface area contributed by atoms with E-state index in [1.54, 1.807) is 0 Å². The number of rotatable bonds is 4. The number of amides is 1. The molecule has 0 bridgehead atoms. The molecule has 1 aromatic rings. The molecule has 1 aromatic carbocycles. The summed E-state index contributed by atoms with van der Waals surface area (Å²) in [6, 6.07) is -1.03. The minimum Gasteiger partial charge on any atom is -0.369 e. The Kier molecular flexibility index (Phi) is 3.93. The van der Waals surface area contributed by atoms with Crippen molar-refractivity contribution >= 4 is 11.6 Å². The first kappa shape index (κ1) is 13.3. The summed E-state index contributed by atoms with van der Waals surface area (Å²) >= 11 is 0. The summed E-state index contributed by atoms with van der Waals surface area (Å²) in [4.78, 5) is 10.9. The molecule has 0 saturated carbocycles. The monoisotopic (exact) mass is 250 g/mol. The van der Waals surface area contributed by atoms with E-state index in [4.69, 9.17) is 5.73 Å². The van der Waals surface area contributed by atoms with Crippen molar-refractivity contribution in [1.82, 2.24) is 0 Å². The molecule has 0 aromatic heterocycles. The maximum atomic E-state index is 13.2. The topological polar surface area (TPSA) is 55.1 Å². The molecule has 3 N–H and O–H groups in total.